The number of ether oxygens (including phenoxy) is 3. The van der Waals surface area contributed by atoms with Gasteiger partial charge in [0.2, 0.25) is 0 Å². The van der Waals surface area contributed by atoms with Crippen LogP contribution in [0.25, 0.3) is 0 Å². The largest absolute Gasteiger partial charge is 0.482 e. The van der Waals surface area contributed by atoms with E-state index < -0.39 is 30.5 Å². The molecule has 0 spiro atoms. The summed E-state index contributed by atoms with van der Waals surface area (Å²) in [5, 5.41) is 5.10. The fourth-order valence-electron chi connectivity index (χ4n) is 2.96. The van der Waals surface area contributed by atoms with E-state index in [1.165, 1.54) is 12.1 Å². The van der Waals surface area contributed by atoms with Crippen LogP contribution in [-0.2, 0) is 25.7 Å². The highest BCUT2D eigenvalue weighted by Crippen LogP contribution is 2.28. The molecule has 0 aromatic heterocycles. The van der Waals surface area contributed by atoms with E-state index in [0.29, 0.717) is 11.4 Å². The summed E-state index contributed by atoms with van der Waals surface area (Å²) >= 11 is 0. The van der Waals surface area contributed by atoms with Gasteiger partial charge in [0.25, 0.3) is 5.91 Å². The molecule has 3 rings (SSSR count). The van der Waals surface area contributed by atoms with Crippen LogP contribution >= 0.6 is 0 Å². The number of hydrogen-bond donors (Lipinski definition) is 2. The first-order valence-corrected chi connectivity index (χ1v) is 10.1. The van der Waals surface area contributed by atoms with Gasteiger partial charge in [0.05, 0.1) is 5.69 Å². The molecule has 2 aromatic rings. The average molecular weight is 440 g/mol. The molecule has 0 unspecified atom stereocenters. The summed E-state index contributed by atoms with van der Waals surface area (Å²) in [4.78, 5) is 48.5. The minimum Gasteiger partial charge on any atom is -0.482 e. The maximum absolute atomic E-state index is 12.5. The van der Waals surface area contributed by atoms with Crippen LogP contribution in [-0.4, -0.2) is 43.0 Å². The number of carbonyl (C=O) groups is 4. The SMILES string of the molecule is CC(C)[C@@H](NC(=O)OCc1ccccc1)C(=O)OCC(=O)c1ccc2c(c1)NC(=O)CO2. The second-order valence-corrected chi connectivity index (χ2v) is 7.51. The van der Waals surface area contributed by atoms with Crippen LogP contribution < -0.4 is 15.4 Å². The quantitative estimate of drug-likeness (QED) is 0.478. The molecule has 1 aliphatic heterocycles. The molecule has 0 aliphatic carbocycles. The lowest BCUT2D eigenvalue weighted by Crippen LogP contribution is -2.45. The fraction of sp³-hybridized carbons (Fsp3) is 0.304. The molecule has 0 saturated heterocycles. The molecular formula is C23H24N2O7. The topological polar surface area (TPSA) is 120 Å². The van der Waals surface area contributed by atoms with Gasteiger partial charge in [0, 0.05) is 5.56 Å². The Morgan fingerprint density at radius 3 is 2.56 bits per heavy atom. The number of carbonyl (C=O) groups excluding carboxylic acids is 4. The molecule has 0 bridgehead atoms. The van der Waals surface area contributed by atoms with Gasteiger partial charge in [-0.1, -0.05) is 44.2 Å². The zero-order valence-corrected chi connectivity index (χ0v) is 17.8. The maximum atomic E-state index is 12.5. The molecule has 2 aromatic carbocycles. The number of rotatable bonds is 8. The van der Waals surface area contributed by atoms with Gasteiger partial charge in [-0.25, -0.2) is 9.59 Å². The van der Waals surface area contributed by atoms with Crippen molar-refractivity contribution in [3.63, 3.8) is 0 Å². The fourth-order valence-corrected chi connectivity index (χ4v) is 2.96. The summed E-state index contributed by atoms with van der Waals surface area (Å²) in [6, 6.07) is 12.7. The number of benzene rings is 2. The van der Waals surface area contributed by atoms with Crippen LogP contribution in [0.15, 0.2) is 48.5 Å². The van der Waals surface area contributed by atoms with Crippen LogP contribution in [0, 0.1) is 5.92 Å². The molecule has 0 fully saturated rings. The summed E-state index contributed by atoms with van der Waals surface area (Å²) in [6.07, 6.45) is -0.763. The summed E-state index contributed by atoms with van der Waals surface area (Å²) in [5.41, 5.74) is 1.43. The first-order valence-electron chi connectivity index (χ1n) is 10.1. The highest BCUT2D eigenvalue weighted by Gasteiger charge is 2.27. The number of esters is 1. The molecule has 0 radical (unpaired) electrons. The Bertz CT molecular complexity index is 1000. The number of Topliss-reactive ketones (excluding diaryl/α,β-unsaturated/α-hetero) is 1. The van der Waals surface area contributed by atoms with E-state index in [0.717, 1.165) is 5.56 Å². The maximum Gasteiger partial charge on any atom is 0.408 e. The monoisotopic (exact) mass is 440 g/mol. The molecular weight excluding hydrogens is 416 g/mol. The van der Waals surface area contributed by atoms with Gasteiger partial charge in [-0.2, -0.15) is 0 Å². The van der Waals surface area contributed by atoms with Crippen molar-refractivity contribution < 1.29 is 33.4 Å². The predicted molar refractivity (Wildman–Crippen MR) is 114 cm³/mol. The Kier molecular flexibility index (Phi) is 7.43. The normalized spacial score (nSPS) is 13.3. The lowest BCUT2D eigenvalue weighted by Gasteiger charge is -2.21. The zero-order valence-electron chi connectivity index (χ0n) is 17.8. The van der Waals surface area contributed by atoms with Gasteiger partial charge in [0.1, 0.15) is 18.4 Å². The Balaban J connectivity index is 1.53. The number of nitrogens with one attached hydrogen (secondary N) is 2. The van der Waals surface area contributed by atoms with E-state index >= 15 is 0 Å². The lowest BCUT2D eigenvalue weighted by atomic mass is 10.1. The molecule has 1 aliphatic rings. The molecule has 1 heterocycles. The van der Waals surface area contributed by atoms with Crippen LogP contribution in [0.2, 0.25) is 0 Å². The van der Waals surface area contributed by atoms with Gasteiger partial charge >= 0.3 is 12.1 Å². The number of fused-ring (bicyclic) bond motifs is 1. The van der Waals surface area contributed by atoms with Crippen LogP contribution in [0.3, 0.4) is 0 Å². The van der Waals surface area contributed by atoms with Gasteiger partial charge in [0.15, 0.2) is 19.0 Å². The van der Waals surface area contributed by atoms with E-state index in [1.54, 1.807) is 19.9 Å². The van der Waals surface area contributed by atoms with Crippen LogP contribution in [0.5, 0.6) is 5.75 Å². The number of anilines is 1. The second-order valence-electron chi connectivity index (χ2n) is 7.51. The highest BCUT2D eigenvalue weighted by atomic mass is 16.6. The van der Waals surface area contributed by atoms with Crippen molar-refractivity contribution in [2.24, 2.45) is 5.92 Å². The van der Waals surface area contributed by atoms with Crippen molar-refractivity contribution in [1.82, 2.24) is 5.32 Å². The standard InChI is InChI=1S/C23H24N2O7/c1-14(2)21(25-23(29)32-11-15-6-4-3-5-7-15)22(28)31-12-18(26)16-8-9-19-17(10-16)24-20(27)13-30-19/h3-10,14,21H,11-13H2,1-2H3,(H,24,27)(H,25,29)/t21-/m1/s1. The van der Waals surface area contributed by atoms with Crippen molar-refractivity contribution in [1.29, 1.82) is 0 Å². The Hall–Kier alpha value is -3.88. The third kappa shape index (κ3) is 6.07. The van der Waals surface area contributed by atoms with Crippen molar-refractivity contribution in [2.45, 2.75) is 26.5 Å². The summed E-state index contributed by atoms with van der Waals surface area (Å²) in [7, 11) is 0. The van der Waals surface area contributed by atoms with E-state index in [-0.39, 0.29) is 30.6 Å². The molecule has 0 saturated carbocycles. The van der Waals surface area contributed by atoms with Gasteiger partial charge < -0.3 is 24.8 Å². The molecule has 168 valence electrons. The van der Waals surface area contributed by atoms with E-state index in [4.69, 9.17) is 14.2 Å². The Morgan fingerprint density at radius 2 is 1.84 bits per heavy atom. The van der Waals surface area contributed by atoms with Crippen molar-refractivity contribution >= 4 is 29.4 Å². The van der Waals surface area contributed by atoms with Gasteiger partial charge in [-0.15, -0.1) is 0 Å². The third-order valence-electron chi connectivity index (χ3n) is 4.69. The van der Waals surface area contributed by atoms with Gasteiger partial charge in [-0.05, 0) is 29.7 Å². The first kappa shape index (κ1) is 22.8. The Labute approximate surface area is 185 Å². The van der Waals surface area contributed by atoms with Gasteiger partial charge in [-0.3, -0.25) is 9.59 Å². The molecule has 32 heavy (non-hydrogen) atoms. The number of hydrogen-bond acceptors (Lipinski definition) is 7. The van der Waals surface area contributed by atoms with Crippen molar-refractivity contribution in [2.75, 3.05) is 18.5 Å². The second kappa shape index (κ2) is 10.4. The lowest BCUT2D eigenvalue weighted by molar-refractivity contribution is -0.146. The zero-order chi connectivity index (χ0) is 23.1. The molecule has 9 heteroatoms. The van der Waals surface area contributed by atoms with Crippen LogP contribution in [0.4, 0.5) is 10.5 Å². The predicted octanol–water partition coefficient (Wildman–Crippen LogP) is 2.69. The van der Waals surface area contributed by atoms with Crippen molar-refractivity contribution in [3.05, 3.63) is 59.7 Å². The summed E-state index contributed by atoms with van der Waals surface area (Å²) in [6.45, 7) is 2.92. The number of amides is 2. The minimum absolute atomic E-state index is 0.0591. The first-order chi connectivity index (χ1) is 15.3. The smallest absolute Gasteiger partial charge is 0.408 e. The average Bonchev–Trinajstić information content (AvgIpc) is 2.79. The molecule has 2 amide bonds. The molecule has 9 nitrogen and oxygen atoms in total. The van der Waals surface area contributed by atoms with Crippen LogP contribution in [0.1, 0.15) is 29.8 Å². The number of alkyl carbamates (subject to hydrolysis) is 1. The van der Waals surface area contributed by atoms with Crippen molar-refractivity contribution in [3.8, 4) is 5.75 Å². The number of ketones is 1. The minimum atomic E-state index is -0.984. The molecule has 2 N–H and O–H groups in total. The summed E-state index contributed by atoms with van der Waals surface area (Å²) in [5.74, 6) is -1.37. The van der Waals surface area contributed by atoms with E-state index in [1.807, 2.05) is 30.3 Å². The van der Waals surface area contributed by atoms with E-state index in [2.05, 4.69) is 10.6 Å². The third-order valence-corrected chi connectivity index (χ3v) is 4.69. The Morgan fingerprint density at radius 1 is 1.09 bits per heavy atom. The summed E-state index contributed by atoms with van der Waals surface area (Å²) < 4.78 is 15.5. The molecule has 1 atom stereocenters. The highest BCUT2D eigenvalue weighted by molar-refractivity contribution is 6.02. The van der Waals surface area contributed by atoms with E-state index in [9.17, 15) is 19.2 Å².